The molecule has 0 aromatic carbocycles. The number of anilines is 2. The Hall–Kier alpha value is -1.85. The molecule has 0 spiro atoms. The van der Waals surface area contributed by atoms with Crippen LogP contribution in [0.2, 0.25) is 0 Å². The van der Waals surface area contributed by atoms with Gasteiger partial charge < -0.3 is 16.4 Å². The maximum absolute atomic E-state index is 11.9. The lowest BCUT2D eigenvalue weighted by Crippen LogP contribution is -2.47. The smallest absolute Gasteiger partial charge is 0.242 e. The van der Waals surface area contributed by atoms with E-state index in [9.17, 15) is 4.79 Å². The van der Waals surface area contributed by atoms with Gasteiger partial charge >= 0.3 is 0 Å². The van der Waals surface area contributed by atoms with Gasteiger partial charge in [-0.05, 0) is 34.6 Å². The van der Waals surface area contributed by atoms with Crippen LogP contribution in [0.5, 0.6) is 0 Å². The van der Waals surface area contributed by atoms with Gasteiger partial charge in [-0.2, -0.15) is 0 Å². The first kappa shape index (κ1) is 14.2. The number of nitrogens with one attached hydrogen (secondary N) is 2. The van der Waals surface area contributed by atoms with Gasteiger partial charge in [0.2, 0.25) is 5.91 Å². The van der Waals surface area contributed by atoms with Gasteiger partial charge in [-0.15, -0.1) is 0 Å². The monoisotopic (exact) mass is 251 g/mol. The molecule has 0 saturated heterocycles. The van der Waals surface area contributed by atoms with Crippen molar-refractivity contribution in [1.29, 1.82) is 0 Å². The molecule has 1 atom stereocenters. The zero-order valence-corrected chi connectivity index (χ0v) is 11.5. The maximum Gasteiger partial charge on any atom is 0.242 e. The molecule has 0 aliphatic rings. The topological polar surface area (TPSA) is 92.9 Å². The summed E-state index contributed by atoms with van der Waals surface area (Å²) < 4.78 is 0. The Labute approximate surface area is 107 Å². The standard InChI is InChI=1S/C12H21N5O/c1-7(11(18)17-12(3,4)5)14-10-6-9(13)15-8(2)16-10/h6-7H,1-5H3,(H,17,18)(H3,13,14,15,16). The Morgan fingerprint density at radius 1 is 1.39 bits per heavy atom. The number of hydrogen-bond acceptors (Lipinski definition) is 5. The summed E-state index contributed by atoms with van der Waals surface area (Å²) in [5, 5.41) is 5.90. The Balaban J connectivity index is 2.69. The summed E-state index contributed by atoms with van der Waals surface area (Å²) in [4.78, 5) is 20.0. The van der Waals surface area contributed by atoms with Crippen LogP contribution < -0.4 is 16.4 Å². The van der Waals surface area contributed by atoms with Gasteiger partial charge in [0.25, 0.3) is 0 Å². The van der Waals surface area contributed by atoms with E-state index in [1.807, 2.05) is 20.8 Å². The highest BCUT2D eigenvalue weighted by Gasteiger charge is 2.19. The van der Waals surface area contributed by atoms with E-state index >= 15 is 0 Å². The predicted octanol–water partition coefficient (Wildman–Crippen LogP) is 1.08. The molecule has 0 bridgehead atoms. The highest BCUT2D eigenvalue weighted by molar-refractivity contribution is 5.84. The number of aromatic nitrogens is 2. The largest absolute Gasteiger partial charge is 0.384 e. The summed E-state index contributed by atoms with van der Waals surface area (Å²) in [7, 11) is 0. The molecule has 1 aromatic heterocycles. The quantitative estimate of drug-likeness (QED) is 0.747. The van der Waals surface area contributed by atoms with Crippen molar-refractivity contribution >= 4 is 17.5 Å². The molecular weight excluding hydrogens is 230 g/mol. The van der Waals surface area contributed by atoms with Crippen LogP contribution in [0.15, 0.2) is 6.07 Å². The predicted molar refractivity (Wildman–Crippen MR) is 72.2 cm³/mol. The third-order valence-corrected chi connectivity index (χ3v) is 2.11. The van der Waals surface area contributed by atoms with Crippen LogP contribution in [-0.4, -0.2) is 27.5 Å². The molecule has 0 fully saturated rings. The zero-order chi connectivity index (χ0) is 13.9. The minimum absolute atomic E-state index is 0.0858. The van der Waals surface area contributed by atoms with E-state index in [2.05, 4.69) is 20.6 Å². The van der Waals surface area contributed by atoms with Gasteiger partial charge in [-0.3, -0.25) is 4.79 Å². The highest BCUT2D eigenvalue weighted by atomic mass is 16.2. The number of carbonyl (C=O) groups excluding carboxylic acids is 1. The first-order valence-corrected chi connectivity index (χ1v) is 5.87. The van der Waals surface area contributed by atoms with Gasteiger partial charge in [0.05, 0.1) is 0 Å². The van der Waals surface area contributed by atoms with Gasteiger partial charge in [0.15, 0.2) is 0 Å². The lowest BCUT2D eigenvalue weighted by molar-refractivity contribution is -0.122. The van der Waals surface area contributed by atoms with E-state index in [4.69, 9.17) is 5.73 Å². The van der Waals surface area contributed by atoms with Crippen LogP contribution in [-0.2, 0) is 4.79 Å². The summed E-state index contributed by atoms with van der Waals surface area (Å²) in [5.74, 6) is 1.42. The van der Waals surface area contributed by atoms with Crippen LogP contribution in [0.3, 0.4) is 0 Å². The first-order valence-electron chi connectivity index (χ1n) is 5.87. The van der Waals surface area contributed by atoms with Crippen LogP contribution in [0.1, 0.15) is 33.5 Å². The fourth-order valence-electron chi connectivity index (χ4n) is 1.43. The molecule has 0 aliphatic carbocycles. The van der Waals surface area contributed by atoms with Gasteiger partial charge in [0, 0.05) is 11.6 Å². The maximum atomic E-state index is 11.9. The van der Waals surface area contributed by atoms with Crippen LogP contribution in [0.4, 0.5) is 11.6 Å². The second-order valence-electron chi connectivity index (χ2n) is 5.33. The van der Waals surface area contributed by atoms with E-state index in [1.165, 1.54) is 0 Å². The number of nitrogens with two attached hydrogens (primary N) is 1. The van der Waals surface area contributed by atoms with Crippen molar-refractivity contribution in [2.75, 3.05) is 11.1 Å². The van der Waals surface area contributed by atoms with Crippen molar-refractivity contribution in [1.82, 2.24) is 15.3 Å². The summed E-state index contributed by atoms with van der Waals surface area (Å²) in [6.07, 6.45) is 0. The van der Waals surface area contributed by atoms with E-state index in [0.29, 0.717) is 17.5 Å². The highest BCUT2D eigenvalue weighted by Crippen LogP contribution is 2.09. The third-order valence-electron chi connectivity index (χ3n) is 2.11. The van der Waals surface area contributed by atoms with Gasteiger partial charge in [0.1, 0.15) is 23.5 Å². The van der Waals surface area contributed by atoms with Crippen molar-refractivity contribution in [3.63, 3.8) is 0 Å². The fraction of sp³-hybridized carbons (Fsp3) is 0.583. The van der Waals surface area contributed by atoms with E-state index in [0.717, 1.165) is 0 Å². The summed E-state index contributed by atoms with van der Waals surface area (Å²) in [5.41, 5.74) is 5.37. The molecule has 18 heavy (non-hydrogen) atoms. The molecular formula is C12H21N5O. The van der Waals surface area contributed by atoms with Crippen molar-refractivity contribution in [2.24, 2.45) is 0 Å². The second-order valence-corrected chi connectivity index (χ2v) is 5.33. The van der Waals surface area contributed by atoms with Gasteiger partial charge in [-0.1, -0.05) is 0 Å². The fourth-order valence-corrected chi connectivity index (χ4v) is 1.43. The van der Waals surface area contributed by atoms with Crippen molar-refractivity contribution in [3.8, 4) is 0 Å². The molecule has 1 unspecified atom stereocenters. The Morgan fingerprint density at radius 3 is 2.50 bits per heavy atom. The third kappa shape index (κ3) is 4.57. The number of aryl methyl sites for hydroxylation is 1. The van der Waals surface area contributed by atoms with Crippen molar-refractivity contribution in [3.05, 3.63) is 11.9 Å². The molecule has 0 saturated carbocycles. The van der Waals surface area contributed by atoms with Crippen LogP contribution in [0.25, 0.3) is 0 Å². The molecule has 1 aromatic rings. The molecule has 0 aliphatic heterocycles. The lowest BCUT2D eigenvalue weighted by atomic mass is 10.1. The second kappa shape index (κ2) is 5.20. The minimum atomic E-state index is -0.391. The number of amides is 1. The number of hydrogen-bond donors (Lipinski definition) is 3. The van der Waals surface area contributed by atoms with E-state index in [-0.39, 0.29) is 11.4 Å². The van der Waals surface area contributed by atoms with Crippen LogP contribution in [0, 0.1) is 6.92 Å². The average Bonchev–Trinajstić information content (AvgIpc) is 2.12. The SMILES string of the molecule is Cc1nc(N)cc(NC(C)C(=O)NC(C)(C)C)n1. The Bertz CT molecular complexity index is 418. The molecule has 1 amide bonds. The lowest BCUT2D eigenvalue weighted by Gasteiger charge is -2.24. The molecule has 1 heterocycles. The average molecular weight is 251 g/mol. The van der Waals surface area contributed by atoms with E-state index < -0.39 is 6.04 Å². The number of nitrogens with zero attached hydrogens (tertiary/aromatic N) is 2. The molecule has 1 rings (SSSR count). The Kier molecular flexibility index (Phi) is 4.11. The number of rotatable bonds is 3. The van der Waals surface area contributed by atoms with Crippen molar-refractivity contribution < 1.29 is 4.79 Å². The molecule has 6 nitrogen and oxygen atoms in total. The molecule has 6 heteroatoms. The number of nitrogen functional groups attached to an aromatic ring is 1. The molecule has 100 valence electrons. The molecule has 4 N–H and O–H groups in total. The van der Waals surface area contributed by atoms with Crippen LogP contribution >= 0.6 is 0 Å². The van der Waals surface area contributed by atoms with Crippen molar-refractivity contribution in [2.45, 2.75) is 46.2 Å². The Morgan fingerprint density at radius 2 is 2.00 bits per heavy atom. The van der Waals surface area contributed by atoms with Gasteiger partial charge in [-0.25, -0.2) is 9.97 Å². The van der Waals surface area contributed by atoms with E-state index in [1.54, 1.807) is 19.9 Å². The summed E-state index contributed by atoms with van der Waals surface area (Å²) >= 11 is 0. The molecule has 0 radical (unpaired) electrons. The summed E-state index contributed by atoms with van der Waals surface area (Å²) in [6.45, 7) is 9.33. The number of carbonyl (C=O) groups is 1. The first-order chi connectivity index (χ1) is 8.17. The minimum Gasteiger partial charge on any atom is -0.384 e. The normalized spacial score (nSPS) is 12.9. The zero-order valence-electron chi connectivity index (χ0n) is 11.5. The summed E-state index contributed by atoms with van der Waals surface area (Å²) in [6, 6.07) is 1.21.